The molecule has 0 aliphatic heterocycles. The van der Waals surface area contributed by atoms with Gasteiger partial charge in [0.05, 0.1) is 6.54 Å². The lowest BCUT2D eigenvalue weighted by Gasteiger charge is -2.09. The second-order valence-electron chi connectivity index (χ2n) is 5.20. The summed E-state index contributed by atoms with van der Waals surface area (Å²) in [5.74, 6) is -0.467. The van der Waals surface area contributed by atoms with Crippen molar-refractivity contribution in [3.63, 3.8) is 0 Å². The number of amides is 3. The monoisotopic (exact) mass is 325 g/mol. The van der Waals surface area contributed by atoms with Gasteiger partial charge in [0.15, 0.2) is 5.78 Å². The Bertz CT molecular complexity index is 712. The molecule has 3 N–H and O–H groups in total. The molecule has 6 heteroatoms. The summed E-state index contributed by atoms with van der Waals surface area (Å²) in [5, 5.41) is 7.74. The van der Waals surface area contributed by atoms with Crippen molar-refractivity contribution < 1.29 is 14.4 Å². The Kier molecular flexibility index (Phi) is 6.08. The number of hydrogen-bond acceptors (Lipinski definition) is 4. The molecular formula is C18H19N3O3. The highest BCUT2D eigenvalue weighted by Crippen LogP contribution is 2.09. The number of ketones is 1. The van der Waals surface area contributed by atoms with Gasteiger partial charge in [0.25, 0.3) is 0 Å². The Labute approximate surface area is 140 Å². The van der Waals surface area contributed by atoms with Crippen molar-refractivity contribution in [2.45, 2.75) is 13.5 Å². The van der Waals surface area contributed by atoms with E-state index in [0.29, 0.717) is 17.8 Å². The zero-order chi connectivity index (χ0) is 17.4. The van der Waals surface area contributed by atoms with Gasteiger partial charge >= 0.3 is 6.03 Å². The van der Waals surface area contributed by atoms with Crippen LogP contribution in [0.2, 0.25) is 0 Å². The van der Waals surface area contributed by atoms with Crippen LogP contribution in [-0.2, 0) is 11.3 Å². The lowest BCUT2D eigenvalue weighted by atomic mass is 10.1. The summed E-state index contributed by atoms with van der Waals surface area (Å²) in [6, 6.07) is 15.6. The molecule has 2 aromatic carbocycles. The van der Waals surface area contributed by atoms with E-state index in [9.17, 15) is 14.4 Å². The van der Waals surface area contributed by atoms with Crippen LogP contribution in [0, 0.1) is 0 Å². The molecule has 0 aliphatic rings. The molecule has 0 radical (unpaired) electrons. The maximum atomic E-state index is 11.7. The van der Waals surface area contributed by atoms with Gasteiger partial charge in [-0.3, -0.25) is 14.9 Å². The number of nitrogens with one attached hydrogen (secondary N) is 3. The van der Waals surface area contributed by atoms with Crippen molar-refractivity contribution >= 4 is 23.4 Å². The minimum Gasteiger partial charge on any atom is -0.376 e. The second-order valence-corrected chi connectivity index (χ2v) is 5.20. The van der Waals surface area contributed by atoms with Crippen LogP contribution < -0.4 is 16.0 Å². The number of urea groups is 1. The third-order valence-corrected chi connectivity index (χ3v) is 3.29. The average molecular weight is 325 g/mol. The first-order chi connectivity index (χ1) is 11.5. The SMILES string of the molecule is CC(=O)c1ccc(NCC(=O)NC(=O)NCc2ccccc2)cc1. The van der Waals surface area contributed by atoms with Gasteiger partial charge in [0.1, 0.15) is 0 Å². The molecule has 2 rings (SSSR count). The molecule has 0 fully saturated rings. The largest absolute Gasteiger partial charge is 0.376 e. The van der Waals surface area contributed by atoms with E-state index in [1.165, 1.54) is 6.92 Å². The molecule has 0 aromatic heterocycles. The maximum absolute atomic E-state index is 11.7. The van der Waals surface area contributed by atoms with Crippen LogP contribution in [-0.4, -0.2) is 24.3 Å². The number of benzene rings is 2. The van der Waals surface area contributed by atoms with Gasteiger partial charge in [-0.15, -0.1) is 0 Å². The molecule has 0 atom stereocenters. The van der Waals surface area contributed by atoms with Crippen LogP contribution in [0.3, 0.4) is 0 Å². The number of imide groups is 1. The molecule has 0 heterocycles. The smallest absolute Gasteiger partial charge is 0.321 e. The molecule has 124 valence electrons. The molecule has 3 amide bonds. The summed E-state index contributed by atoms with van der Waals surface area (Å²) in [6.07, 6.45) is 0. The quantitative estimate of drug-likeness (QED) is 0.711. The lowest BCUT2D eigenvalue weighted by Crippen LogP contribution is -2.41. The Morgan fingerprint density at radius 2 is 1.58 bits per heavy atom. The van der Waals surface area contributed by atoms with Crippen LogP contribution in [0.25, 0.3) is 0 Å². The van der Waals surface area contributed by atoms with E-state index in [-0.39, 0.29) is 12.3 Å². The number of hydrogen-bond donors (Lipinski definition) is 3. The van der Waals surface area contributed by atoms with Crippen LogP contribution in [0.5, 0.6) is 0 Å². The fraction of sp³-hybridized carbons (Fsp3) is 0.167. The van der Waals surface area contributed by atoms with Crippen molar-refractivity contribution in [2.24, 2.45) is 0 Å². The molecule has 0 saturated carbocycles. The van der Waals surface area contributed by atoms with E-state index in [1.54, 1.807) is 24.3 Å². The van der Waals surface area contributed by atoms with Gasteiger partial charge in [-0.25, -0.2) is 4.79 Å². The van der Waals surface area contributed by atoms with E-state index < -0.39 is 11.9 Å². The van der Waals surface area contributed by atoms with E-state index in [0.717, 1.165) is 5.56 Å². The maximum Gasteiger partial charge on any atom is 0.321 e. The molecular weight excluding hydrogens is 306 g/mol. The first-order valence-electron chi connectivity index (χ1n) is 7.51. The van der Waals surface area contributed by atoms with E-state index in [1.807, 2.05) is 30.3 Å². The number of carbonyl (C=O) groups excluding carboxylic acids is 3. The third kappa shape index (κ3) is 5.57. The highest BCUT2D eigenvalue weighted by Gasteiger charge is 2.07. The Hall–Kier alpha value is -3.15. The van der Waals surface area contributed by atoms with Crippen molar-refractivity contribution in [1.82, 2.24) is 10.6 Å². The fourth-order valence-electron chi connectivity index (χ4n) is 2.00. The van der Waals surface area contributed by atoms with Crippen LogP contribution >= 0.6 is 0 Å². The zero-order valence-corrected chi connectivity index (χ0v) is 13.3. The van der Waals surface area contributed by atoms with Gasteiger partial charge in [0.2, 0.25) is 5.91 Å². The second kappa shape index (κ2) is 8.47. The van der Waals surface area contributed by atoms with Crippen molar-refractivity contribution in [2.75, 3.05) is 11.9 Å². The van der Waals surface area contributed by atoms with Gasteiger partial charge in [-0.05, 0) is 36.8 Å². The zero-order valence-electron chi connectivity index (χ0n) is 13.3. The Morgan fingerprint density at radius 3 is 2.21 bits per heavy atom. The summed E-state index contributed by atoms with van der Waals surface area (Å²) in [5.41, 5.74) is 2.24. The first-order valence-corrected chi connectivity index (χ1v) is 7.51. The number of anilines is 1. The van der Waals surface area contributed by atoms with E-state index >= 15 is 0 Å². The predicted molar refractivity (Wildman–Crippen MR) is 91.8 cm³/mol. The summed E-state index contributed by atoms with van der Waals surface area (Å²) in [4.78, 5) is 34.6. The Morgan fingerprint density at radius 1 is 0.917 bits per heavy atom. The minimum absolute atomic E-state index is 0.0191. The number of Topliss-reactive ketones (excluding diaryl/α,β-unsaturated/α-hetero) is 1. The van der Waals surface area contributed by atoms with Gasteiger partial charge < -0.3 is 10.6 Å². The standard InChI is InChI=1S/C18H19N3O3/c1-13(22)15-7-9-16(10-8-15)19-12-17(23)21-18(24)20-11-14-5-3-2-4-6-14/h2-10,19H,11-12H2,1H3,(H2,20,21,23,24). The summed E-state index contributed by atoms with van der Waals surface area (Å²) < 4.78 is 0. The van der Waals surface area contributed by atoms with E-state index in [2.05, 4.69) is 16.0 Å². The molecule has 0 bridgehead atoms. The average Bonchev–Trinajstić information content (AvgIpc) is 2.59. The summed E-state index contributed by atoms with van der Waals surface area (Å²) in [6.45, 7) is 1.79. The Balaban J connectivity index is 1.72. The normalized spacial score (nSPS) is 9.88. The van der Waals surface area contributed by atoms with Crippen molar-refractivity contribution in [1.29, 1.82) is 0 Å². The molecule has 0 saturated heterocycles. The van der Waals surface area contributed by atoms with Crippen molar-refractivity contribution in [3.05, 3.63) is 65.7 Å². The number of rotatable bonds is 6. The van der Waals surface area contributed by atoms with Gasteiger partial charge in [-0.1, -0.05) is 30.3 Å². The fourth-order valence-corrected chi connectivity index (χ4v) is 2.00. The predicted octanol–water partition coefficient (Wildman–Crippen LogP) is 2.33. The molecule has 0 aliphatic carbocycles. The van der Waals surface area contributed by atoms with E-state index in [4.69, 9.17) is 0 Å². The summed E-state index contributed by atoms with van der Waals surface area (Å²) in [7, 11) is 0. The lowest BCUT2D eigenvalue weighted by molar-refractivity contribution is -0.118. The van der Waals surface area contributed by atoms with Gasteiger partial charge in [-0.2, -0.15) is 0 Å². The topological polar surface area (TPSA) is 87.3 Å². The third-order valence-electron chi connectivity index (χ3n) is 3.29. The van der Waals surface area contributed by atoms with Gasteiger partial charge in [0, 0.05) is 17.8 Å². The van der Waals surface area contributed by atoms with Crippen LogP contribution in [0.1, 0.15) is 22.8 Å². The van der Waals surface area contributed by atoms with Crippen LogP contribution in [0.15, 0.2) is 54.6 Å². The molecule has 0 unspecified atom stereocenters. The molecule has 24 heavy (non-hydrogen) atoms. The minimum atomic E-state index is -0.544. The molecule has 0 spiro atoms. The molecule has 2 aromatic rings. The highest BCUT2D eigenvalue weighted by atomic mass is 16.2. The van der Waals surface area contributed by atoms with Crippen LogP contribution in [0.4, 0.5) is 10.5 Å². The first kappa shape index (κ1) is 17.2. The molecule has 6 nitrogen and oxygen atoms in total. The highest BCUT2D eigenvalue weighted by molar-refractivity contribution is 5.96. The number of carbonyl (C=O) groups is 3. The summed E-state index contributed by atoms with van der Waals surface area (Å²) >= 11 is 0. The van der Waals surface area contributed by atoms with Crippen molar-refractivity contribution in [3.8, 4) is 0 Å².